The minimum Gasteiger partial charge on any atom is -0.462 e. The first kappa shape index (κ1) is 20.1. The third-order valence-corrected chi connectivity index (χ3v) is 8.15. The molecule has 3 aliphatic carbocycles. The molecule has 3 rings (SSSR count). The first-order chi connectivity index (χ1) is 12.7. The summed E-state index contributed by atoms with van der Waals surface area (Å²) in [7, 11) is 0. The average molecular weight is 372 g/mol. The van der Waals surface area contributed by atoms with Crippen molar-refractivity contribution in [2.24, 2.45) is 28.6 Å². The highest BCUT2D eigenvalue weighted by Gasteiger charge is 2.55. The van der Waals surface area contributed by atoms with E-state index in [1.165, 1.54) is 12.5 Å². The molecule has 4 heteroatoms. The predicted octanol–water partition coefficient (Wildman–Crippen LogP) is 4.98. The smallest absolute Gasteiger partial charge is 0.302 e. The van der Waals surface area contributed by atoms with Gasteiger partial charge in [-0.05, 0) is 68.6 Å². The van der Waals surface area contributed by atoms with Crippen LogP contribution >= 0.6 is 0 Å². The molecule has 4 nitrogen and oxygen atoms in total. The van der Waals surface area contributed by atoms with Crippen molar-refractivity contribution < 1.29 is 14.3 Å². The molecule has 148 valence electrons. The topological polar surface area (TPSA) is 67.2 Å². The standard InChI is InChI=1S/C23H33NO3/c1-15(25)22(3)12-10-21-19(20(22)6-5-13-24)8-7-17-14-18(27-16(2)26)9-11-23(17,21)4/h7,18-21H,5-6,8-12,14H2,1-4H3/t18-,19-,20?,21-,22+,23-/m0/s1. The number of rotatable bonds is 4. The molecule has 0 amide bonds. The van der Waals surface area contributed by atoms with Gasteiger partial charge in [0.25, 0.3) is 0 Å². The normalized spacial score (nSPS) is 40.8. The second-order valence-electron chi connectivity index (χ2n) is 9.44. The van der Waals surface area contributed by atoms with Crippen molar-refractivity contribution in [1.82, 2.24) is 0 Å². The van der Waals surface area contributed by atoms with E-state index in [0.29, 0.717) is 18.3 Å². The van der Waals surface area contributed by atoms with Gasteiger partial charge in [0.15, 0.2) is 0 Å². The molecule has 0 spiro atoms. The number of hydrogen-bond donors (Lipinski definition) is 0. The van der Waals surface area contributed by atoms with Gasteiger partial charge in [0.05, 0.1) is 6.07 Å². The Morgan fingerprint density at radius 3 is 2.63 bits per heavy atom. The minimum absolute atomic E-state index is 0.0128. The van der Waals surface area contributed by atoms with Crippen LogP contribution in [0.5, 0.6) is 0 Å². The summed E-state index contributed by atoms with van der Waals surface area (Å²) in [4.78, 5) is 23.9. The van der Waals surface area contributed by atoms with Crippen molar-refractivity contribution >= 4 is 11.8 Å². The maximum atomic E-state index is 12.5. The van der Waals surface area contributed by atoms with Crippen molar-refractivity contribution in [2.45, 2.75) is 85.2 Å². The Labute approximate surface area is 163 Å². The average Bonchev–Trinajstić information content (AvgIpc) is 2.60. The largest absolute Gasteiger partial charge is 0.462 e. The highest BCUT2D eigenvalue weighted by molar-refractivity contribution is 5.82. The molecule has 0 aliphatic heterocycles. The third kappa shape index (κ3) is 3.46. The molecule has 0 aromatic carbocycles. The summed E-state index contributed by atoms with van der Waals surface area (Å²) in [6.07, 6.45) is 9.55. The van der Waals surface area contributed by atoms with Crippen molar-refractivity contribution in [1.29, 1.82) is 5.26 Å². The van der Waals surface area contributed by atoms with Gasteiger partial charge in [-0.25, -0.2) is 0 Å². The van der Waals surface area contributed by atoms with Crippen LogP contribution in [0.25, 0.3) is 0 Å². The van der Waals surface area contributed by atoms with Gasteiger partial charge < -0.3 is 4.74 Å². The van der Waals surface area contributed by atoms with E-state index in [0.717, 1.165) is 44.9 Å². The third-order valence-electron chi connectivity index (χ3n) is 8.15. The molecule has 1 unspecified atom stereocenters. The number of nitriles is 1. The number of nitrogens with zero attached hydrogens (tertiary/aromatic N) is 1. The van der Waals surface area contributed by atoms with E-state index in [1.54, 1.807) is 6.92 Å². The maximum absolute atomic E-state index is 12.5. The Morgan fingerprint density at radius 2 is 2.00 bits per heavy atom. The molecule has 0 aromatic heterocycles. The van der Waals surface area contributed by atoms with Gasteiger partial charge in [-0.1, -0.05) is 25.5 Å². The quantitative estimate of drug-likeness (QED) is 0.516. The summed E-state index contributed by atoms with van der Waals surface area (Å²) in [5.74, 6) is 1.41. The molecule has 0 N–H and O–H groups in total. The molecule has 27 heavy (non-hydrogen) atoms. The molecule has 6 atom stereocenters. The monoisotopic (exact) mass is 371 g/mol. The van der Waals surface area contributed by atoms with Crippen molar-refractivity contribution in [3.8, 4) is 6.07 Å². The number of esters is 1. The van der Waals surface area contributed by atoms with Gasteiger partial charge in [-0.15, -0.1) is 0 Å². The van der Waals surface area contributed by atoms with E-state index in [2.05, 4.69) is 26.0 Å². The maximum Gasteiger partial charge on any atom is 0.302 e. The predicted molar refractivity (Wildman–Crippen MR) is 104 cm³/mol. The lowest BCUT2D eigenvalue weighted by atomic mass is 9.46. The molecule has 0 heterocycles. The van der Waals surface area contributed by atoms with E-state index >= 15 is 0 Å². The fourth-order valence-corrected chi connectivity index (χ4v) is 6.47. The summed E-state index contributed by atoms with van der Waals surface area (Å²) < 4.78 is 5.50. The number of ether oxygens (including phenoxy) is 1. The Balaban J connectivity index is 1.88. The van der Waals surface area contributed by atoms with Crippen molar-refractivity contribution in [3.63, 3.8) is 0 Å². The second-order valence-corrected chi connectivity index (χ2v) is 9.44. The molecular formula is C23H33NO3. The molecule has 2 saturated carbocycles. The van der Waals surface area contributed by atoms with Crippen molar-refractivity contribution in [2.75, 3.05) is 0 Å². The summed E-state index contributed by atoms with van der Waals surface area (Å²) in [6.45, 7) is 7.74. The molecule has 0 saturated heterocycles. The van der Waals surface area contributed by atoms with Crippen LogP contribution in [-0.2, 0) is 14.3 Å². The van der Waals surface area contributed by atoms with Crippen LogP contribution in [-0.4, -0.2) is 17.9 Å². The Bertz CT molecular complexity index is 690. The van der Waals surface area contributed by atoms with E-state index in [-0.39, 0.29) is 34.6 Å². The Kier molecular flexibility index (Phi) is 5.52. The molecule has 2 fully saturated rings. The minimum atomic E-state index is -0.297. The molecule has 0 radical (unpaired) electrons. The second kappa shape index (κ2) is 7.41. The molecule has 0 aromatic rings. The lowest BCUT2D eigenvalue weighted by molar-refractivity contribution is -0.149. The van der Waals surface area contributed by atoms with Crippen LogP contribution in [0.1, 0.15) is 79.1 Å². The number of ketones is 1. The van der Waals surface area contributed by atoms with Gasteiger partial charge in [0.2, 0.25) is 0 Å². The molecule has 0 bridgehead atoms. The number of hydrogen-bond acceptors (Lipinski definition) is 4. The first-order valence-electron chi connectivity index (χ1n) is 10.5. The van der Waals surface area contributed by atoms with Gasteiger partial charge in [0.1, 0.15) is 11.9 Å². The van der Waals surface area contributed by atoms with Crippen LogP contribution in [0.3, 0.4) is 0 Å². The number of carbonyl (C=O) groups excluding carboxylic acids is 2. The number of fused-ring (bicyclic) bond motifs is 3. The lowest BCUT2D eigenvalue weighted by Gasteiger charge is -2.58. The lowest BCUT2D eigenvalue weighted by Crippen LogP contribution is -2.52. The highest BCUT2D eigenvalue weighted by Crippen LogP contribution is 2.62. The van der Waals surface area contributed by atoms with E-state index in [4.69, 9.17) is 10.00 Å². The van der Waals surface area contributed by atoms with E-state index < -0.39 is 0 Å². The van der Waals surface area contributed by atoms with Gasteiger partial charge in [0, 0.05) is 25.2 Å². The van der Waals surface area contributed by atoms with Crippen molar-refractivity contribution in [3.05, 3.63) is 11.6 Å². The van der Waals surface area contributed by atoms with E-state index in [9.17, 15) is 9.59 Å². The summed E-state index contributed by atoms with van der Waals surface area (Å²) >= 11 is 0. The summed E-state index contributed by atoms with van der Waals surface area (Å²) in [5.41, 5.74) is 1.30. The summed E-state index contributed by atoms with van der Waals surface area (Å²) in [5, 5.41) is 9.15. The first-order valence-corrected chi connectivity index (χ1v) is 10.5. The Morgan fingerprint density at radius 1 is 1.26 bits per heavy atom. The SMILES string of the molecule is CC(=O)O[C@H]1CC[C@@]2(C)C(=CC[C@H]3C(CCC#N)[C@@](C)(C(C)=O)CC[C@@H]32)C1. The molecule has 3 aliphatic rings. The van der Waals surface area contributed by atoms with Gasteiger partial charge in [-0.3, -0.25) is 9.59 Å². The van der Waals surface area contributed by atoms with E-state index in [1.807, 2.05) is 0 Å². The number of carbonyl (C=O) groups is 2. The van der Waals surface area contributed by atoms with Crippen LogP contribution in [0, 0.1) is 39.9 Å². The van der Waals surface area contributed by atoms with Gasteiger partial charge in [-0.2, -0.15) is 5.26 Å². The zero-order chi connectivity index (χ0) is 19.8. The highest BCUT2D eigenvalue weighted by atomic mass is 16.5. The zero-order valence-electron chi connectivity index (χ0n) is 17.2. The van der Waals surface area contributed by atoms with Crippen LogP contribution in [0.15, 0.2) is 11.6 Å². The summed E-state index contributed by atoms with van der Waals surface area (Å²) in [6, 6.07) is 2.30. The molecular weight excluding hydrogens is 338 g/mol. The Hall–Kier alpha value is -1.63. The fourth-order valence-electron chi connectivity index (χ4n) is 6.47. The zero-order valence-corrected chi connectivity index (χ0v) is 17.2. The fraction of sp³-hybridized carbons (Fsp3) is 0.783. The van der Waals surface area contributed by atoms with Crippen LogP contribution in [0.2, 0.25) is 0 Å². The number of allylic oxidation sites excluding steroid dienone is 1. The van der Waals surface area contributed by atoms with Crippen LogP contribution < -0.4 is 0 Å². The van der Waals surface area contributed by atoms with Gasteiger partial charge >= 0.3 is 5.97 Å². The van der Waals surface area contributed by atoms with Crippen LogP contribution in [0.4, 0.5) is 0 Å². The number of Topliss-reactive ketones (excluding diaryl/α,β-unsaturated/α-hetero) is 1.